The Balaban J connectivity index is 1.90. The van der Waals surface area contributed by atoms with Gasteiger partial charge in [-0.15, -0.1) is 0 Å². The van der Waals surface area contributed by atoms with E-state index in [-0.39, 0.29) is 29.8 Å². The van der Waals surface area contributed by atoms with Gasteiger partial charge in [0, 0.05) is 12.1 Å². The minimum absolute atomic E-state index is 0.0280. The summed E-state index contributed by atoms with van der Waals surface area (Å²) in [4.78, 5) is 11.8. The molecule has 4 nitrogen and oxygen atoms in total. The highest BCUT2D eigenvalue weighted by molar-refractivity contribution is 7.91. The molecule has 1 aromatic rings. The van der Waals surface area contributed by atoms with Crippen molar-refractivity contribution in [3.63, 3.8) is 0 Å². The van der Waals surface area contributed by atoms with Gasteiger partial charge in [-0.3, -0.25) is 4.79 Å². The first-order valence-corrected chi connectivity index (χ1v) is 7.84. The first-order chi connectivity index (χ1) is 8.44. The van der Waals surface area contributed by atoms with E-state index in [1.54, 1.807) is 0 Å². The normalized spacial score (nSPS) is 21.7. The fourth-order valence-electron chi connectivity index (χ4n) is 2.23. The molecule has 1 aromatic carbocycles. The number of sulfone groups is 1. The molecule has 1 fully saturated rings. The van der Waals surface area contributed by atoms with E-state index >= 15 is 0 Å². The monoisotopic (exact) mass is 267 g/mol. The smallest absolute Gasteiger partial charge is 0.224 e. The van der Waals surface area contributed by atoms with E-state index in [0.717, 1.165) is 11.3 Å². The second-order valence-electron chi connectivity index (χ2n) is 4.89. The van der Waals surface area contributed by atoms with Crippen LogP contribution in [0.15, 0.2) is 24.3 Å². The van der Waals surface area contributed by atoms with Crippen LogP contribution < -0.4 is 5.32 Å². The van der Waals surface area contributed by atoms with Gasteiger partial charge in [-0.1, -0.05) is 12.1 Å². The highest BCUT2D eigenvalue weighted by Crippen LogP contribution is 2.22. The van der Waals surface area contributed by atoms with Crippen LogP contribution in [0.5, 0.6) is 0 Å². The van der Waals surface area contributed by atoms with Crippen LogP contribution >= 0.6 is 0 Å². The van der Waals surface area contributed by atoms with Crippen LogP contribution in [0.3, 0.4) is 0 Å². The summed E-state index contributed by atoms with van der Waals surface area (Å²) in [5, 5.41) is 2.80. The molecule has 1 aliphatic heterocycles. The third-order valence-electron chi connectivity index (χ3n) is 3.10. The quantitative estimate of drug-likeness (QED) is 0.907. The molecule has 0 unspecified atom stereocenters. The predicted molar refractivity (Wildman–Crippen MR) is 71.2 cm³/mol. The lowest BCUT2D eigenvalue weighted by molar-refractivity contribution is -0.116. The zero-order valence-electron chi connectivity index (χ0n) is 10.3. The maximum Gasteiger partial charge on any atom is 0.224 e. The van der Waals surface area contributed by atoms with Gasteiger partial charge in [-0.05, 0) is 37.0 Å². The van der Waals surface area contributed by atoms with Crippen molar-refractivity contribution in [2.75, 3.05) is 16.8 Å². The molecule has 1 aliphatic rings. The number of carbonyl (C=O) groups excluding carboxylic acids is 1. The minimum atomic E-state index is -2.90. The minimum Gasteiger partial charge on any atom is -0.326 e. The maximum absolute atomic E-state index is 11.8. The Hall–Kier alpha value is -1.36. The fourth-order valence-corrected chi connectivity index (χ4v) is 4.09. The number of nitrogens with one attached hydrogen (secondary N) is 1. The Morgan fingerprint density at radius 3 is 2.83 bits per heavy atom. The summed E-state index contributed by atoms with van der Waals surface area (Å²) in [6, 6.07) is 7.56. The van der Waals surface area contributed by atoms with Gasteiger partial charge in [0.25, 0.3) is 0 Å². The molecular weight excluding hydrogens is 250 g/mol. The summed E-state index contributed by atoms with van der Waals surface area (Å²) >= 11 is 0. The first kappa shape index (κ1) is 13.1. The van der Waals surface area contributed by atoms with E-state index in [1.807, 2.05) is 31.2 Å². The molecule has 0 bridgehead atoms. The van der Waals surface area contributed by atoms with E-state index < -0.39 is 9.84 Å². The lowest BCUT2D eigenvalue weighted by Crippen LogP contribution is -2.17. The number of hydrogen-bond acceptors (Lipinski definition) is 3. The number of aryl methyl sites for hydroxylation is 1. The molecule has 0 saturated carbocycles. The lowest BCUT2D eigenvalue weighted by Gasteiger charge is -2.09. The topological polar surface area (TPSA) is 63.2 Å². The molecule has 98 valence electrons. The Bertz CT molecular complexity index is 551. The van der Waals surface area contributed by atoms with E-state index in [0.29, 0.717) is 6.42 Å². The van der Waals surface area contributed by atoms with Crippen molar-refractivity contribution >= 4 is 21.4 Å². The summed E-state index contributed by atoms with van der Waals surface area (Å²) in [6.07, 6.45) is 0.886. The molecule has 0 radical (unpaired) electrons. The summed E-state index contributed by atoms with van der Waals surface area (Å²) in [6.45, 7) is 1.96. The molecule has 5 heteroatoms. The Morgan fingerprint density at radius 2 is 2.22 bits per heavy atom. The van der Waals surface area contributed by atoms with E-state index in [4.69, 9.17) is 0 Å². The lowest BCUT2D eigenvalue weighted by atomic mass is 10.0. The number of anilines is 1. The molecule has 0 aliphatic carbocycles. The van der Waals surface area contributed by atoms with Gasteiger partial charge >= 0.3 is 0 Å². The number of carbonyl (C=O) groups is 1. The van der Waals surface area contributed by atoms with Gasteiger partial charge in [-0.25, -0.2) is 8.42 Å². The van der Waals surface area contributed by atoms with Crippen molar-refractivity contribution in [3.8, 4) is 0 Å². The second-order valence-corrected chi connectivity index (χ2v) is 7.12. The Labute approximate surface area is 107 Å². The van der Waals surface area contributed by atoms with Gasteiger partial charge in [0.15, 0.2) is 9.84 Å². The molecule has 1 atom stereocenters. The van der Waals surface area contributed by atoms with Crippen molar-refractivity contribution in [2.45, 2.75) is 19.8 Å². The molecule has 2 rings (SSSR count). The van der Waals surface area contributed by atoms with Gasteiger partial charge in [-0.2, -0.15) is 0 Å². The predicted octanol–water partition coefficient (Wildman–Crippen LogP) is 1.76. The van der Waals surface area contributed by atoms with E-state index in [9.17, 15) is 13.2 Å². The molecule has 1 N–H and O–H groups in total. The third kappa shape index (κ3) is 3.57. The van der Waals surface area contributed by atoms with Crippen LogP contribution in [0.2, 0.25) is 0 Å². The second kappa shape index (κ2) is 5.10. The fraction of sp³-hybridized carbons (Fsp3) is 0.462. The standard InChI is InChI=1S/C13H17NO3S/c1-10-3-2-4-12(7-10)14-13(15)8-11-5-6-18(16,17)9-11/h2-4,7,11H,5-6,8-9H2,1H3,(H,14,15)/t11-/m0/s1. The van der Waals surface area contributed by atoms with Crippen molar-refractivity contribution in [2.24, 2.45) is 5.92 Å². The van der Waals surface area contributed by atoms with Gasteiger partial charge in [0.2, 0.25) is 5.91 Å². The molecular formula is C13H17NO3S. The largest absolute Gasteiger partial charge is 0.326 e. The van der Waals surface area contributed by atoms with Crippen LogP contribution in [-0.2, 0) is 14.6 Å². The van der Waals surface area contributed by atoms with E-state index in [1.165, 1.54) is 0 Å². The Kier molecular flexibility index (Phi) is 3.71. The SMILES string of the molecule is Cc1cccc(NC(=O)C[C@@H]2CCS(=O)(=O)C2)c1. The molecule has 0 spiro atoms. The summed E-state index contributed by atoms with van der Waals surface area (Å²) in [5.41, 5.74) is 1.84. The molecule has 1 heterocycles. The molecule has 1 saturated heterocycles. The van der Waals surface area contributed by atoms with Crippen molar-refractivity contribution in [1.82, 2.24) is 0 Å². The van der Waals surface area contributed by atoms with Crippen LogP contribution in [-0.4, -0.2) is 25.8 Å². The highest BCUT2D eigenvalue weighted by atomic mass is 32.2. The molecule has 1 amide bonds. The van der Waals surface area contributed by atoms with Gasteiger partial charge in [0.1, 0.15) is 0 Å². The number of rotatable bonds is 3. The maximum atomic E-state index is 11.8. The summed E-state index contributed by atoms with van der Waals surface area (Å²) in [5.74, 6) is 0.228. The van der Waals surface area contributed by atoms with Gasteiger partial charge in [0.05, 0.1) is 11.5 Å². The average Bonchev–Trinajstić information content (AvgIpc) is 2.57. The molecule has 0 aromatic heterocycles. The molecule has 18 heavy (non-hydrogen) atoms. The van der Waals surface area contributed by atoms with Crippen LogP contribution in [0.1, 0.15) is 18.4 Å². The number of benzene rings is 1. The zero-order chi connectivity index (χ0) is 13.2. The van der Waals surface area contributed by atoms with Crippen molar-refractivity contribution < 1.29 is 13.2 Å². The average molecular weight is 267 g/mol. The number of amides is 1. The first-order valence-electron chi connectivity index (χ1n) is 6.01. The summed E-state index contributed by atoms with van der Waals surface area (Å²) in [7, 11) is -2.90. The van der Waals surface area contributed by atoms with E-state index in [2.05, 4.69) is 5.32 Å². The van der Waals surface area contributed by atoms with Crippen LogP contribution in [0.25, 0.3) is 0 Å². The van der Waals surface area contributed by atoms with Crippen molar-refractivity contribution in [1.29, 1.82) is 0 Å². The summed E-state index contributed by atoms with van der Waals surface area (Å²) < 4.78 is 22.6. The van der Waals surface area contributed by atoms with Crippen LogP contribution in [0.4, 0.5) is 5.69 Å². The number of hydrogen-bond donors (Lipinski definition) is 1. The van der Waals surface area contributed by atoms with Crippen LogP contribution in [0, 0.1) is 12.8 Å². The van der Waals surface area contributed by atoms with Gasteiger partial charge < -0.3 is 5.32 Å². The highest BCUT2D eigenvalue weighted by Gasteiger charge is 2.29. The Morgan fingerprint density at radius 1 is 1.44 bits per heavy atom. The third-order valence-corrected chi connectivity index (χ3v) is 4.94. The zero-order valence-corrected chi connectivity index (χ0v) is 11.2. The van der Waals surface area contributed by atoms with Crippen molar-refractivity contribution in [3.05, 3.63) is 29.8 Å².